The Labute approximate surface area is 380 Å². The van der Waals surface area contributed by atoms with Crippen molar-refractivity contribution in [1.82, 2.24) is 5.32 Å². The zero-order chi connectivity index (χ0) is 45.2. The highest BCUT2D eigenvalue weighted by molar-refractivity contribution is 5.77. The molecule has 0 aromatic rings. The normalized spacial score (nSPS) is 14.5. The zero-order valence-corrected chi connectivity index (χ0v) is 39.4. The Kier molecular flexibility index (Phi) is 44.9. The van der Waals surface area contributed by atoms with Crippen molar-refractivity contribution in [1.29, 1.82) is 0 Å². The Hall–Kier alpha value is -4.00. The van der Waals surface area contributed by atoms with Crippen LogP contribution in [0.5, 0.6) is 0 Å². The number of aliphatic hydroxyl groups excluding tert-OH is 2. The van der Waals surface area contributed by atoms with Crippen molar-refractivity contribution in [3.63, 3.8) is 0 Å². The van der Waals surface area contributed by atoms with Gasteiger partial charge in [0.15, 0.2) is 0 Å². The number of allylic oxidation sites excluding steroid dienone is 22. The molecule has 0 aromatic heterocycles. The minimum atomic E-state index is -0.824. The fourth-order valence-electron chi connectivity index (χ4n) is 6.60. The van der Waals surface area contributed by atoms with Crippen LogP contribution in [-0.2, 0) is 14.3 Å². The molecule has 0 rings (SSSR count). The fraction of sp³-hybridized carbons (Fsp3) is 0.571. The van der Waals surface area contributed by atoms with Crippen LogP contribution in [0.4, 0.5) is 0 Å². The fourth-order valence-corrected chi connectivity index (χ4v) is 6.60. The highest BCUT2D eigenvalue weighted by Gasteiger charge is 2.24. The molecule has 0 saturated heterocycles. The number of nitrogens with one attached hydrogen (secondary N) is 1. The van der Waals surface area contributed by atoms with Gasteiger partial charge in [0.05, 0.1) is 25.2 Å². The Morgan fingerprint density at radius 1 is 0.484 bits per heavy atom. The second-order valence-corrected chi connectivity index (χ2v) is 16.0. The highest BCUT2D eigenvalue weighted by Crippen LogP contribution is 2.16. The second-order valence-electron chi connectivity index (χ2n) is 16.0. The SMILES string of the molecule is CC\C=C/C=C/C=C/C=C\C=C\C=C\CCCCCC(=O)OC(CCC/C=C/C=C\C=C/C=C/C=C/CC)CC(=O)NC(CO)C(O)CCCCCCCCCCCCCCC. The number of hydrogen-bond acceptors (Lipinski definition) is 5. The molecule has 3 N–H and O–H groups in total. The van der Waals surface area contributed by atoms with E-state index in [0.29, 0.717) is 19.3 Å². The lowest BCUT2D eigenvalue weighted by atomic mass is 10.0. The standard InChI is InChI=1S/C56H89NO5/c1-4-7-10-13-16-19-22-25-26-27-28-31-34-37-40-43-46-49-56(61)62-52(47-44-41-38-35-32-29-23-20-17-14-11-8-5-2)50-55(60)57-53(51-58)54(59)48-45-42-39-36-33-30-24-21-18-15-12-9-6-3/h7-8,10-11,13-14,16-17,19-20,22-23,25-29,31-32,34-35,38,52-54,58-59H,4-6,9,12,15,18,21,24,30,33,36-37,39-51H2,1-3H3,(H,57,60)/b10-7-,11-8+,16-13+,17-14+,22-19+,23-20-,26-25-,28-27+,32-29-,34-31+,38-35+. The number of esters is 1. The van der Waals surface area contributed by atoms with Gasteiger partial charge < -0.3 is 20.3 Å². The van der Waals surface area contributed by atoms with Gasteiger partial charge in [0.1, 0.15) is 6.10 Å². The third-order valence-electron chi connectivity index (χ3n) is 10.3. The summed E-state index contributed by atoms with van der Waals surface area (Å²) in [6, 6.07) is -0.744. The molecule has 6 nitrogen and oxygen atoms in total. The molecule has 0 aliphatic heterocycles. The number of carbonyl (C=O) groups is 2. The summed E-state index contributed by atoms with van der Waals surface area (Å²) in [5.74, 6) is -0.614. The van der Waals surface area contributed by atoms with Crippen molar-refractivity contribution < 1.29 is 24.5 Å². The molecule has 0 bridgehead atoms. The molecule has 0 fully saturated rings. The van der Waals surface area contributed by atoms with Crippen LogP contribution in [0.2, 0.25) is 0 Å². The second kappa shape index (κ2) is 48.0. The van der Waals surface area contributed by atoms with Gasteiger partial charge in [0.2, 0.25) is 5.91 Å². The lowest BCUT2D eigenvalue weighted by Gasteiger charge is -2.24. The van der Waals surface area contributed by atoms with Crippen LogP contribution in [0.15, 0.2) is 134 Å². The van der Waals surface area contributed by atoms with Crippen molar-refractivity contribution in [3.05, 3.63) is 134 Å². The topological polar surface area (TPSA) is 95.9 Å². The van der Waals surface area contributed by atoms with E-state index in [1.54, 1.807) is 0 Å². The molecule has 0 spiro atoms. The number of unbranched alkanes of at least 4 members (excludes halogenated alkanes) is 16. The van der Waals surface area contributed by atoms with E-state index in [4.69, 9.17) is 4.74 Å². The van der Waals surface area contributed by atoms with Gasteiger partial charge in [0, 0.05) is 6.42 Å². The predicted octanol–water partition coefficient (Wildman–Crippen LogP) is 14.7. The summed E-state index contributed by atoms with van der Waals surface area (Å²) in [7, 11) is 0. The number of hydrogen-bond donors (Lipinski definition) is 3. The zero-order valence-electron chi connectivity index (χ0n) is 39.4. The highest BCUT2D eigenvalue weighted by atomic mass is 16.5. The van der Waals surface area contributed by atoms with Crippen molar-refractivity contribution >= 4 is 11.9 Å². The van der Waals surface area contributed by atoms with Gasteiger partial charge in [-0.25, -0.2) is 0 Å². The largest absolute Gasteiger partial charge is 0.462 e. The number of carbonyl (C=O) groups excluding carboxylic acids is 2. The van der Waals surface area contributed by atoms with Gasteiger partial charge >= 0.3 is 5.97 Å². The Morgan fingerprint density at radius 2 is 0.887 bits per heavy atom. The first-order valence-electron chi connectivity index (χ1n) is 24.6. The molecule has 62 heavy (non-hydrogen) atoms. The first kappa shape index (κ1) is 58.0. The monoisotopic (exact) mass is 856 g/mol. The third kappa shape index (κ3) is 42.7. The van der Waals surface area contributed by atoms with E-state index in [-0.39, 0.29) is 24.9 Å². The molecule has 6 heteroatoms. The maximum absolute atomic E-state index is 13.2. The third-order valence-corrected chi connectivity index (χ3v) is 10.3. The molecule has 0 aromatic carbocycles. The molecular weight excluding hydrogens is 767 g/mol. The van der Waals surface area contributed by atoms with E-state index in [1.807, 2.05) is 109 Å². The number of rotatable bonds is 41. The van der Waals surface area contributed by atoms with Gasteiger partial charge in [-0.1, -0.05) is 244 Å². The Bertz CT molecular complexity index is 1370. The van der Waals surface area contributed by atoms with E-state index in [2.05, 4.69) is 50.4 Å². The van der Waals surface area contributed by atoms with Crippen LogP contribution in [-0.4, -0.2) is 46.9 Å². The van der Waals surface area contributed by atoms with Crippen molar-refractivity contribution in [2.24, 2.45) is 0 Å². The quantitative estimate of drug-likeness (QED) is 0.0323. The summed E-state index contributed by atoms with van der Waals surface area (Å²) >= 11 is 0. The minimum Gasteiger partial charge on any atom is -0.462 e. The summed E-state index contributed by atoms with van der Waals surface area (Å²) < 4.78 is 5.86. The van der Waals surface area contributed by atoms with Crippen LogP contribution in [0.25, 0.3) is 0 Å². The van der Waals surface area contributed by atoms with E-state index >= 15 is 0 Å². The van der Waals surface area contributed by atoms with E-state index < -0.39 is 18.2 Å². The lowest BCUT2D eigenvalue weighted by Crippen LogP contribution is -2.46. The maximum Gasteiger partial charge on any atom is 0.306 e. The first-order valence-corrected chi connectivity index (χ1v) is 24.6. The summed E-state index contributed by atoms with van der Waals surface area (Å²) in [6.45, 7) is 6.14. The molecule has 0 aliphatic rings. The molecular formula is C56H89NO5. The van der Waals surface area contributed by atoms with Crippen molar-refractivity contribution in [3.8, 4) is 0 Å². The maximum atomic E-state index is 13.2. The lowest BCUT2D eigenvalue weighted by molar-refractivity contribution is -0.151. The van der Waals surface area contributed by atoms with Gasteiger partial charge in [0.25, 0.3) is 0 Å². The number of aliphatic hydroxyl groups is 2. The van der Waals surface area contributed by atoms with Crippen LogP contribution in [0.3, 0.4) is 0 Å². The average molecular weight is 856 g/mol. The minimum absolute atomic E-state index is 0.000551. The molecule has 3 unspecified atom stereocenters. The molecule has 0 saturated carbocycles. The van der Waals surface area contributed by atoms with Crippen LogP contribution >= 0.6 is 0 Å². The molecule has 3 atom stereocenters. The molecule has 0 heterocycles. The smallest absolute Gasteiger partial charge is 0.306 e. The van der Waals surface area contributed by atoms with Crippen LogP contribution < -0.4 is 5.32 Å². The van der Waals surface area contributed by atoms with E-state index in [0.717, 1.165) is 70.6 Å². The molecule has 348 valence electrons. The molecule has 0 radical (unpaired) electrons. The van der Waals surface area contributed by atoms with Crippen LogP contribution in [0.1, 0.15) is 181 Å². The summed E-state index contributed by atoms with van der Waals surface area (Å²) in [4.78, 5) is 26.1. The number of amides is 1. The Balaban J connectivity index is 4.82. The average Bonchev–Trinajstić information content (AvgIpc) is 3.26. The predicted molar refractivity (Wildman–Crippen MR) is 268 cm³/mol. The van der Waals surface area contributed by atoms with Gasteiger partial charge in [-0.3, -0.25) is 9.59 Å². The summed E-state index contributed by atoms with van der Waals surface area (Å²) in [5.41, 5.74) is 0. The summed E-state index contributed by atoms with van der Waals surface area (Å²) in [6.07, 6.45) is 67.9. The van der Waals surface area contributed by atoms with Gasteiger partial charge in [-0.2, -0.15) is 0 Å². The molecule has 0 aliphatic carbocycles. The van der Waals surface area contributed by atoms with Crippen molar-refractivity contribution in [2.75, 3.05) is 6.61 Å². The van der Waals surface area contributed by atoms with Crippen molar-refractivity contribution in [2.45, 2.75) is 200 Å². The number of ether oxygens (including phenoxy) is 1. The first-order chi connectivity index (χ1) is 30.5. The van der Waals surface area contributed by atoms with Gasteiger partial charge in [-0.05, 0) is 57.8 Å². The Morgan fingerprint density at radius 3 is 1.34 bits per heavy atom. The summed E-state index contributed by atoms with van der Waals surface area (Å²) in [5, 5.41) is 23.7. The van der Waals surface area contributed by atoms with E-state index in [1.165, 1.54) is 64.2 Å². The van der Waals surface area contributed by atoms with E-state index in [9.17, 15) is 19.8 Å². The van der Waals surface area contributed by atoms with Gasteiger partial charge in [-0.15, -0.1) is 0 Å². The van der Waals surface area contributed by atoms with Crippen LogP contribution in [0, 0.1) is 0 Å². The molecule has 1 amide bonds.